The standard InChI is InChI=1S/C22H30FN7O/c1-5-30-19-7-6-15(9-14(19)11-26-30)27-21-16(20(25)31)10-17(23)22(29-21)28-18(13(4)24)8-12(2)3/h6-7,9-13,18H,5,8,24H2,1-4H3,(H2,25,31)(H2,27,28,29)/t13-,18+/m0/s1. The van der Waals surface area contributed by atoms with Crippen LogP contribution in [0.2, 0.25) is 0 Å². The van der Waals surface area contributed by atoms with Crippen LogP contribution in [0, 0.1) is 11.7 Å². The molecule has 0 saturated carbocycles. The molecule has 0 fully saturated rings. The van der Waals surface area contributed by atoms with E-state index in [1.807, 2.05) is 36.7 Å². The van der Waals surface area contributed by atoms with Gasteiger partial charge in [-0.25, -0.2) is 9.37 Å². The topological polar surface area (TPSA) is 124 Å². The predicted octanol–water partition coefficient (Wildman–Crippen LogP) is 3.61. The molecule has 8 nitrogen and oxygen atoms in total. The maximum Gasteiger partial charge on any atom is 0.252 e. The van der Waals surface area contributed by atoms with Crippen molar-refractivity contribution in [1.29, 1.82) is 0 Å². The lowest BCUT2D eigenvalue weighted by Gasteiger charge is -2.25. The van der Waals surface area contributed by atoms with E-state index in [1.165, 1.54) is 0 Å². The first-order chi connectivity index (χ1) is 14.7. The van der Waals surface area contributed by atoms with E-state index in [9.17, 15) is 9.18 Å². The number of benzene rings is 1. The number of hydrogen-bond acceptors (Lipinski definition) is 6. The van der Waals surface area contributed by atoms with E-state index in [1.54, 1.807) is 6.20 Å². The smallest absolute Gasteiger partial charge is 0.252 e. The molecule has 9 heteroatoms. The van der Waals surface area contributed by atoms with Crippen molar-refractivity contribution in [1.82, 2.24) is 14.8 Å². The zero-order valence-corrected chi connectivity index (χ0v) is 18.3. The van der Waals surface area contributed by atoms with Gasteiger partial charge in [-0.15, -0.1) is 0 Å². The summed E-state index contributed by atoms with van der Waals surface area (Å²) < 4.78 is 16.6. The van der Waals surface area contributed by atoms with Gasteiger partial charge in [0.25, 0.3) is 5.91 Å². The summed E-state index contributed by atoms with van der Waals surface area (Å²) in [6.07, 6.45) is 2.51. The van der Waals surface area contributed by atoms with Gasteiger partial charge in [0.1, 0.15) is 5.82 Å². The van der Waals surface area contributed by atoms with Crippen LogP contribution in [0.3, 0.4) is 0 Å². The van der Waals surface area contributed by atoms with E-state index in [0.717, 1.165) is 29.9 Å². The quantitative estimate of drug-likeness (QED) is 0.414. The van der Waals surface area contributed by atoms with Crippen LogP contribution in [-0.4, -0.2) is 32.8 Å². The summed E-state index contributed by atoms with van der Waals surface area (Å²) in [5.41, 5.74) is 13.2. The average molecular weight is 428 g/mol. The third kappa shape index (κ3) is 5.11. The SMILES string of the molecule is CCn1ncc2cc(Nc3nc(N[C@H](CC(C)C)[C@H](C)N)c(F)cc3C(N)=O)ccc21. The number of carbonyl (C=O) groups excluding carboxylic acids is 1. The number of anilines is 3. The first kappa shape index (κ1) is 22.5. The molecule has 0 bridgehead atoms. The van der Waals surface area contributed by atoms with Crippen LogP contribution in [0.15, 0.2) is 30.5 Å². The highest BCUT2D eigenvalue weighted by Gasteiger charge is 2.21. The van der Waals surface area contributed by atoms with Crippen molar-refractivity contribution < 1.29 is 9.18 Å². The molecule has 0 aliphatic rings. The molecule has 2 aromatic heterocycles. The molecule has 6 N–H and O–H groups in total. The van der Waals surface area contributed by atoms with E-state index >= 15 is 0 Å². The fourth-order valence-corrected chi connectivity index (χ4v) is 3.52. The zero-order chi connectivity index (χ0) is 22.7. The summed E-state index contributed by atoms with van der Waals surface area (Å²) in [4.78, 5) is 16.3. The normalized spacial score (nSPS) is 13.4. The lowest BCUT2D eigenvalue weighted by Crippen LogP contribution is -2.39. The van der Waals surface area contributed by atoms with Crippen LogP contribution in [0.25, 0.3) is 10.9 Å². The van der Waals surface area contributed by atoms with Gasteiger partial charge in [0.05, 0.1) is 17.3 Å². The molecular weight excluding hydrogens is 397 g/mol. The minimum absolute atomic E-state index is 0.0235. The second-order valence-corrected chi connectivity index (χ2v) is 8.18. The Morgan fingerprint density at radius 3 is 2.58 bits per heavy atom. The molecule has 3 aromatic rings. The summed E-state index contributed by atoms with van der Waals surface area (Å²) in [5.74, 6) is -0.869. The number of aryl methyl sites for hydroxylation is 1. The lowest BCUT2D eigenvalue weighted by molar-refractivity contribution is 0.100. The number of nitrogens with one attached hydrogen (secondary N) is 2. The van der Waals surface area contributed by atoms with Crippen molar-refractivity contribution in [3.05, 3.63) is 41.8 Å². The van der Waals surface area contributed by atoms with Crippen LogP contribution in [0.1, 0.15) is 44.5 Å². The van der Waals surface area contributed by atoms with Crippen molar-refractivity contribution in [3.8, 4) is 0 Å². The molecule has 166 valence electrons. The molecule has 0 radical (unpaired) electrons. The zero-order valence-electron chi connectivity index (χ0n) is 18.3. The second-order valence-electron chi connectivity index (χ2n) is 8.18. The van der Waals surface area contributed by atoms with Crippen molar-refractivity contribution in [3.63, 3.8) is 0 Å². The second kappa shape index (κ2) is 9.30. The Bertz CT molecular complexity index is 1080. The van der Waals surface area contributed by atoms with Crippen molar-refractivity contribution in [2.75, 3.05) is 10.6 Å². The molecule has 2 atom stereocenters. The number of aromatic nitrogens is 3. The van der Waals surface area contributed by atoms with E-state index in [4.69, 9.17) is 11.5 Å². The Balaban J connectivity index is 1.96. The minimum atomic E-state index is -0.772. The number of hydrogen-bond donors (Lipinski definition) is 4. The van der Waals surface area contributed by atoms with E-state index in [0.29, 0.717) is 11.6 Å². The largest absolute Gasteiger partial charge is 0.365 e. The van der Waals surface area contributed by atoms with Crippen LogP contribution in [0.5, 0.6) is 0 Å². The van der Waals surface area contributed by atoms with E-state index < -0.39 is 11.7 Å². The minimum Gasteiger partial charge on any atom is -0.365 e. The van der Waals surface area contributed by atoms with Gasteiger partial charge in [-0.3, -0.25) is 9.48 Å². The van der Waals surface area contributed by atoms with Crippen LogP contribution >= 0.6 is 0 Å². The van der Waals surface area contributed by atoms with Gasteiger partial charge in [0, 0.05) is 29.7 Å². The molecular formula is C22H30FN7O. The van der Waals surface area contributed by atoms with Crippen molar-refractivity contribution in [2.45, 2.75) is 52.7 Å². The number of pyridine rings is 1. The highest BCUT2D eigenvalue weighted by molar-refractivity contribution is 5.99. The maximum absolute atomic E-state index is 14.7. The molecule has 0 aliphatic carbocycles. The molecule has 0 unspecified atom stereocenters. The summed E-state index contributed by atoms with van der Waals surface area (Å²) in [6, 6.07) is 6.37. The predicted molar refractivity (Wildman–Crippen MR) is 122 cm³/mol. The number of primary amides is 1. The van der Waals surface area contributed by atoms with Gasteiger partial charge in [-0.05, 0) is 50.5 Å². The number of fused-ring (bicyclic) bond motifs is 1. The van der Waals surface area contributed by atoms with Crippen LogP contribution in [-0.2, 0) is 6.54 Å². The number of nitrogens with zero attached hydrogens (tertiary/aromatic N) is 3. The number of amides is 1. The van der Waals surface area contributed by atoms with Gasteiger partial charge < -0.3 is 22.1 Å². The molecule has 0 spiro atoms. The van der Waals surface area contributed by atoms with Gasteiger partial charge in [0.2, 0.25) is 0 Å². The Morgan fingerprint density at radius 2 is 1.97 bits per heavy atom. The first-order valence-electron chi connectivity index (χ1n) is 10.4. The Hall–Kier alpha value is -3.20. The molecule has 1 amide bonds. The summed E-state index contributed by atoms with van der Waals surface area (Å²) in [5, 5.41) is 11.5. The summed E-state index contributed by atoms with van der Waals surface area (Å²) in [7, 11) is 0. The highest BCUT2D eigenvalue weighted by Crippen LogP contribution is 2.27. The van der Waals surface area contributed by atoms with Gasteiger partial charge in [-0.2, -0.15) is 5.10 Å². The lowest BCUT2D eigenvalue weighted by atomic mass is 9.99. The molecule has 0 saturated heterocycles. The molecule has 1 aromatic carbocycles. The summed E-state index contributed by atoms with van der Waals surface area (Å²) >= 11 is 0. The fraction of sp³-hybridized carbons (Fsp3) is 0.409. The van der Waals surface area contributed by atoms with E-state index in [2.05, 4.69) is 34.6 Å². The maximum atomic E-state index is 14.7. The fourth-order valence-electron chi connectivity index (χ4n) is 3.52. The Kier molecular flexibility index (Phi) is 6.74. The summed E-state index contributed by atoms with van der Waals surface area (Å²) in [6.45, 7) is 8.78. The monoisotopic (exact) mass is 427 g/mol. The van der Waals surface area contributed by atoms with Crippen molar-refractivity contribution >= 4 is 34.1 Å². The highest BCUT2D eigenvalue weighted by atomic mass is 19.1. The molecule has 0 aliphatic heterocycles. The third-order valence-electron chi connectivity index (χ3n) is 5.13. The molecule has 2 heterocycles. The van der Waals surface area contributed by atoms with Crippen LogP contribution < -0.4 is 22.1 Å². The molecule has 3 rings (SSSR count). The molecule has 31 heavy (non-hydrogen) atoms. The number of nitrogens with two attached hydrogens (primary N) is 2. The Labute approximate surface area is 181 Å². The average Bonchev–Trinajstić information content (AvgIpc) is 3.11. The van der Waals surface area contributed by atoms with Gasteiger partial charge in [-0.1, -0.05) is 13.8 Å². The van der Waals surface area contributed by atoms with Gasteiger partial charge in [0.15, 0.2) is 11.6 Å². The number of halogens is 1. The first-order valence-corrected chi connectivity index (χ1v) is 10.4. The van der Waals surface area contributed by atoms with Crippen LogP contribution in [0.4, 0.5) is 21.7 Å². The van der Waals surface area contributed by atoms with E-state index in [-0.39, 0.29) is 29.3 Å². The number of carbonyl (C=O) groups is 1. The number of rotatable bonds is 9. The third-order valence-corrected chi connectivity index (χ3v) is 5.13. The van der Waals surface area contributed by atoms with Gasteiger partial charge >= 0.3 is 0 Å². The van der Waals surface area contributed by atoms with Crippen molar-refractivity contribution in [2.24, 2.45) is 17.4 Å². The Morgan fingerprint density at radius 1 is 1.23 bits per heavy atom.